The largest absolute Gasteiger partial charge is 0.390 e. The second-order valence-electron chi connectivity index (χ2n) is 7.87. The van der Waals surface area contributed by atoms with Crippen LogP contribution < -0.4 is 0 Å². The first kappa shape index (κ1) is 12.6. The lowest BCUT2D eigenvalue weighted by molar-refractivity contribution is -0.184. The molecular weight excluding hydrogens is 236 g/mol. The van der Waals surface area contributed by atoms with E-state index in [4.69, 9.17) is 4.74 Å². The lowest BCUT2D eigenvalue weighted by Gasteiger charge is -2.52. The van der Waals surface area contributed by atoms with Crippen molar-refractivity contribution in [3.05, 3.63) is 0 Å². The van der Waals surface area contributed by atoms with Crippen LogP contribution in [0.25, 0.3) is 0 Å². The van der Waals surface area contributed by atoms with E-state index in [0.29, 0.717) is 5.92 Å². The molecule has 4 aliphatic rings. The van der Waals surface area contributed by atoms with Crippen LogP contribution in [0.2, 0.25) is 0 Å². The molecule has 1 aliphatic heterocycles. The Morgan fingerprint density at radius 2 is 1.68 bits per heavy atom. The molecule has 2 nitrogen and oxygen atoms in total. The molecule has 1 heterocycles. The molecule has 0 aromatic rings. The average Bonchev–Trinajstić information content (AvgIpc) is 3.21. The van der Waals surface area contributed by atoms with Gasteiger partial charge in [0.1, 0.15) is 0 Å². The van der Waals surface area contributed by atoms with Crippen molar-refractivity contribution in [1.29, 1.82) is 0 Å². The maximum atomic E-state index is 11.2. The Balaban J connectivity index is 1.46. The molecule has 0 radical (unpaired) electrons. The first-order valence-corrected chi connectivity index (χ1v) is 8.56. The van der Waals surface area contributed by atoms with Gasteiger partial charge in [0.15, 0.2) is 0 Å². The fraction of sp³-hybridized carbons (Fsp3) is 1.00. The standard InChI is InChI=1S/C17H28O2/c18-17(9-1-3-14(11-17)13-4-5-13)15-6-10-19-16(12-15)7-2-8-16/h13-15,18H,1-12H2. The highest BCUT2D eigenvalue weighted by Gasteiger charge is 2.51. The van der Waals surface area contributed by atoms with Crippen LogP contribution >= 0.6 is 0 Å². The summed E-state index contributed by atoms with van der Waals surface area (Å²) in [5, 5.41) is 11.2. The first-order chi connectivity index (χ1) is 9.19. The summed E-state index contributed by atoms with van der Waals surface area (Å²) in [5.41, 5.74) is -0.164. The van der Waals surface area contributed by atoms with Crippen molar-refractivity contribution in [2.45, 2.75) is 81.8 Å². The average molecular weight is 264 g/mol. The molecule has 108 valence electrons. The van der Waals surface area contributed by atoms with E-state index in [9.17, 15) is 5.11 Å². The minimum absolute atomic E-state index is 0.186. The predicted molar refractivity (Wildman–Crippen MR) is 74.9 cm³/mol. The molecule has 0 aromatic heterocycles. The zero-order valence-electron chi connectivity index (χ0n) is 12.1. The molecule has 0 bridgehead atoms. The van der Waals surface area contributed by atoms with Gasteiger partial charge < -0.3 is 9.84 Å². The van der Waals surface area contributed by atoms with E-state index in [0.717, 1.165) is 44.1 Å². The van der Waals surface area contributed by atoms with Gasteiger partial charge in [-0.05, 0) is 82.0 Å². The summed E-state index contributed by atoms with van der Waals surface area (Å²) >= 11 is 0. The van der Waals surface area contributed by atoms with Gasteiger partial charge in [-0.3, -0.25) is 0 Å². The molecule has 3 unspecified atom stereocenters. The number of ether oxygens (including phenoxy) is 1. The van der Waals surface area contributed by atoms with E-state index in [1.54, 1.807) is 0 Å². The second-order valence-corrected chi connectivity index (χ2v) is 7.87. The zero-order chi connectivity index (χ0) is 12.9. The lowest BCUT2D eigenvalue weighted by Crippen LogP contribution is -2.53. The normalized spacial score (nSPS) is 45.9. The highest BCUT2D eigenvalue weighted by atomic mass is 16.5. The van der Waals surface area contributed by atoms with E-state index in [2.05, 4.69) is 0 Å². The monoisotopic (exact) mass is 264 g/mol. The van der Waals surface area contributed by atoms with Gasteiger partial charge in [0.05, 0.1) is 11.2 Å². The van der Waals surface area contributed by atoms with Gasteiger partial charge >= 0.3 is 0 Å². The molecule has 1 spiro atoms. The van der Waals surface area contributed by atoms with Gasteiger partial charge in [0.2, 0.25) is 0 Å². The Labute approximate surface area is 116 Å². The molecular formula is C17H28O2. The van der Waals surface area contributed by atoms with Crippen molar-refractivity contribution in [2.24, 2.45) is 17.8 Å². The predicted octanol–water partition coefficient (Wildman–Crippen LogP) is 3.67. The van der Waals surface area contributed by atoms with Crippen molar-refractivity contribution < 1.29 is 9.84 Å². The molecule has 3 saturated carbocycles. The summed E-state index contributed by atoms with van der Waals surface area (Å²) < 4.78 is 6.04. The Kier molecular flexibility index (Phi) is 2.97. The lowest BCUT2D eigenvalue weighted by atomic mass is 9.63. The van der Waals surface area contributed by atoms with Crippen molar-refractivity contribution >= 4 is 0 Å². The van der Waals surface area contributed by atoms with E-state index < -0.39 is 0 Å². The molecule has 0 amide bonds. The van der Waals surface area contributed by atoms with E-state index in [1.165, 1.54) is 44.9 Å². The van der Waals surface area contributed by atoms with Crippen LogP contribution in [0.15, 0.2) is 0 Å². The third-order valence-electron chi connectivity index (χ3n) is 6.61. The maximum Gasteiger partial charge on any atom is 0.0686 e. The van der Waals surface area contributed by atoms with Crippen LogP contribution in [0.5, 0.6) is 0 Å². The fourth-order valence-electron chi connectivity index (χ4n) is 5.08. The highest BCUT2D eigenvalue weighted by Crippen LogP contribution is 2.53. The van der Waals surface area contributed by atoms with Crippen LogP contribution in [0, 0.1) is 17.8 Å². The second kappa shape index (κ2) is 4.46. The Morgan fingerprint density at radius 1 is 0.842 bits per heavy atom. The Morgan fingerprint density at radius 3 is 2.37 bits per heavy atom. The minimum Gasteiger partial charge on any atom is -0.390 e. The molecule has 19 heavy (non-hydrogen) atoms. The quantitative estimate of drug-likeness (QED) is 0.824. The van der Waals surface area contributed by atoms with Gasteiger partial charge in [0.25, 0.3) is 0 Å². The van der Waals surface area contributed by atoms with Crippen LogP contribution in [0.3, 0.4) is 0 Å². The number of hydrogen-bond acceptors (Lipinski definition) is 2. The number of hydrogen-bond donors (Lipinski definition) is 1. The molecule has 2 heteroatoms. The summed E-state index contributed by atoms with van der Waals surface area (Å²) in [5.74, 6) is 2.31. The molecule has 4 fully saturated rings. The summed E-state index contributed by atoms with van der Waals surface area (Å²) in [6.07, 6.45) is 13.7. The van der Waals surface area contributed by atoms with Crippen LogP contribution in [-0.2, 0) is 4.74 Å². The highest BCUT2D eigenvalue weighted by molar-refractivity contribution is 5.02. The van der Waals surface area contributed by atoms with Crippen molar-refractivity contribution in [2.75, 3.05) is 6.61 Å². The summed E-state index contributed by atoms with van der Waals surface area (Å²) in [6.45, 7) is 0.890. The van der Waals surface area contributed by atoms with Gasteiger partial charge in [-0.2, -0.15) is 0 Å². The smallest absolute Gasteiger partial charge is 0.0686 e. The minimum atomic E-state index is -0.349. The van der Waals surface area contributed by atoms with Gasteiger partial charge in [-0.15, -0.1) is 0 Å². The summed E-state index contributed by atoms with van der Waals surface area (Å²) in [7, 11) is 0. The van der Waals surface area contributed by atoms with Crippen LogP contribution in [0.1, 0.15) is 70.6 Å². The zero-order valence-corrected chi connectivity index (χ0v) is 12.1. The molecule has 3 atom stereocenters. The van der Waals surface area contributed by atoms with E-state index >= 15 is 0 Å². The summed E-state index contributed by atoms with van der Waals surface area (Å²) in [6, 6.07) is 0. The van der Waals surface area contributed by atoms with Gasteiger partial charge in [0, 0.05) is 6.61 Å². The van der Waals surface area contributed by atoms with E-state index in [1.807, 2.05) is 0 Å². The number of aliphatic hydroxyl groups is 1. The topological polar surface area (TPSA) is 29.5 Å². The third kappa shape index (κ3) is 2.25. The van der Waals surface area contributed by atoms with Crippen molar-refractivity contribution in [1.82, 2.24) is 0 Å². The molecule has 3 aliphatic carbocycles. The SMILES string of the molecule is OC1(C2CCOC3(CCC3)C2)CCCC(C2CC2)C1. The molecule has 0 aromatic carbocycles. The maximum absolute atomic E-state index is 11.2. The fourth-order valence-corrected chi connectivity index (χ4v) is 5.08. The van der Waals surface area contributed by atoms with Crippen LogP contribution in [0.4, 0.5) is 0 Å². The molecule has 1 N–H and O–H groups in total. The first-order valence-electron chi connectivity index (χ1n) is 8.56. The molecule has 1 saturated heterocycles. The van der Waals surface area contributed by atoms with Crippen molar-refractivity contribution in [3.63, 3.8) is 0 Å². The van der Waals surface area contributed by atoms with Crippen molar-refractivity contribution in [3.8, 4) is 0 Å². The van der Waals surface area contributed by atoms with Gasteiger partial charge in [-0.1, -0.05) is 6.42 Å². The van der Waals surface area contributed by atoms with Gasteiger partial charge in [-0.25, -0.2) is 0 Å². The summed E-state index contributed by atoms with van der Waals surface area (Å²) in [4.78, 5) is 0. The Bertz CT molecular complexity index is 345. The Hall–Kier alpha value is -0.0800. The number of rotatable bonds is 2. The molecule has 4 rings (SSSR count). The van der Waals surface area contributed by atoms with Crippen LogP contribution in [-0.4, -0.2) is 22.9 Å². The third-order valence-corrected chi connectivity index (χ3v) is 6.61. The van der Waals surface area contributed by atoms with E-state index in [-0.39, 0.29) is 11.2 Å².